The maximum atomic E-state index is 13.9. The van der Waals surface area contributed by atoms with Crippen LogP contribution in [0.3, 0.4) is 0 Å². The van der Waals surface area contributed by atoms with Gasteiger partial charge in [-0.1, -0.05) is 52.7 Å². The Morgan fingerprint density at radius 2 is 1.92 bits per heavy atom. The number of nitrogens with one attached hydrogen (secondary N) is 1. The molecule has 0 radical (unpaired) electrons. The number of hydrogen-bond acceptors (Lipinski definition) is 4. The number of aryl methyl sites for hydroxylation is 1. The highest BCUT2D eigenvalue weighted by atomic mass is 35.5. The fourth-order valence-corrected chi connectivity index (χ4v) is 3.68. The molecule has 0 aliphatic carbocycles. The number of amidine groups is 1. The number of aromatic nitrogens is 3. The summed E-state index contributed by atoms with van der Waals surface area (Å²) in [6.45, 7) is 2.02. The highest BCUT2D eigenvalue weighted by molar-refractivity contribution is 7.99. The molecule has 0 fully saturated rings. The second kappa shape index (κ2) is 6.90. The summed E-state index contributed by atoms with van der Waals surface area (Å²) in [5.41, 5.74) is 5.58. The molecule has 0 unspecified atom stereocenters. The molecule has 5 nitrogen and oxygen atoms in total. The summed E-state index contributed by atoms with van der Waals surface area (Å²) in [6.07, 6.45) is 0. The minimum atomic E-state index is -0.569. The van der Waals surface area contributed by atoms with Crippen molar-refractivity contribution in [2.45, 2.75) is 12.1 Å². The van der Waals surface area contributed by atoms with Crippen LogP contribution in [0.5, 0.6) is 0 Å². The molecule has 0 saturated heterocycles. The molecule has 0 amide bonds. The third-order valence-electron chi connectivity index (χ3n) is 3.76. The third-order valence-corrected chi connectivity index (χ3v) is 5.30. The van der Waals surface area contributed by atoms with Crippen molar-refractivity contribution < 1.29 is 4.39 Å². The van der Waals surface area contributed by atoms with Crippen molar-refractivity contribution in [2.75, 3.05) is 11.2 Å². The highest BCUT2D eigenvalue weighted by Crippen LogP contribution is 2.33. The summed E-state index contributed by atoms with van der Waals surface area (Å²) >= 11 is 13.5. The van der Waals surface area contributed by atoms with Crippen LogP contribution in [0.2, 0.25) is 10.0 Å². The van der Waals surface area contributed by atoms with E-state index in [4.69, 9.17) is 23.2 Å². The lowest BCUT2D eigenvalue weighted by molar-refractivity contribution is 0.628. The Bertz CT molecular complexity index is 1020. The minimum absolute atomic E-state index is 0.0407. The van der Waals surface area contributed by atoms with E-state index in [-0.39, 0.29) is 5.02 Å². The van der Waals surface area contributed by atoms with Gasteiger partial charge in [-0.25, -0.2) is 14.1 Å². The lowest BCUT2D eigenvalue weighted by Crippen LogP contribution is -2.30. The van der Waals surface area contributed by atoms with Gasteiger partial charge in [-0.15, -0.1) is 10.2 Å². The molecule has 0 spiro atoms. The van der Waals surface area contributed by atoms with Gasteiger partial charge in [0.2, 0.25) is 5.16 Å². The van der Waals surface area contributed by atoms with E-state index in [0.717, 1.165) is 11.5 Å². The Morgan fingerprint density at radius 3 is 2.69 bits per heavy atom. The highest BCUT2D eigenvalue weighted by Gasteiger charge is 2.23. The number of benzene rings is 2. The van der Waals surface area contributed by atoms with Gasteiger partial charge < -0.3 is 0 Å². The first kappa shape index (κ1) is 17.3. The molecule has 9 heteroatoms. The molecule has 0 saturated carbocycles. The van der Waals surface area contributed by atoms with E-state index in [9.17, 15) is 4.39 Å². The molecular formula is C17H12Cl2FN5S. The first-order valence-electron chi connectivity index (χ1n) is 7.65. The standard InChI is InChI=1S/C17H12Cl2FN5S/c1-9-2-4-10(5-3-9)21-15-8-26-17-23-22-16(25(17)24-15)11-6-14(20)13(19)7-12(11)18/h2-7H,8H2,1H3,(H,21,24). The number of fused-ring (bicyclic) bond motifs is 1. The molecular weight excluding hydrogens is 396 g/mol. The fraction of sp³-hybridized carbons (Fsp3) is 0.118. The summed E-state index contributed by atoms with van der Waals surface area (Å²) in [5, 5.41) is 9.16. The maximum Gasteiger partial charge on any atom is 0.211 e. The van der Waals surface area contributed by atoms with Crippen LogP contribution < -0.4 is 5.43 Å². The van der Waals surface area contributed by atoms with Crippen LogP contribution >= 0.6 is 35.0 Å². The van der Waals surface area contributed by atoms with Crippen LogP contribution in [0.1, 0.15) is 5.56 Å². The predicted octanol–water partition coefficient (Wildman–Crippen LogP) is 5.08. The van der Waals surface area contributed by atoms with Crippen molar-refractivity contribution in [3.63, 3.8) is 0 Å². The number of thioether (sulfide) groups is 1. The van der Waals surface area contributed by atoms with Crippen molar-refractivity contribution >= 4 is 46.5 Å². The summed E-state index contributed by atoms with van der Waals surface area (Å²) in [7, 11) is 0. The average molecular weight is 408 g/mol. The summed E-state index contributed by atoms with van der Waals surface area (Å²) in [5.74, 6) is 1.18. The smallest absolute Gasteiger partial charge is 0.211 e. The molecule has 1 aromatic heterocycles. The van der Waals surface area contributed by atoms with E-state index >= 15 is 0 Å². The molecule has 0 bridgehead atoms. The number of rotatable bonds is 2. The average Bonchev–Trinajstić information content (AvgIpc) is 3.03. The Balaban J connectivity index is 1.71. The molecule has 3 aromatic rings. The van der Waals surface area contributed by atoms with Crippen LogP contribution in [0.4, 0.5) is 10.1 Å². The minimum Gasteiger partial charge on any atom is -0.276 e. The van der Waals surface area contributed by atoms with Crippen molar-refractivity contribution in [1.82, 2.24) is 14.9 Å². The van der Waals surface area contributed by atoms with Gasteiger partial charge >= 0.3 is 0 Å². The van der Waals surface area contributed by atoms with E-state index in [2.05, 4.69) is 20.6 Å². The van der Waals surface area contributed by atoms with Crippen molar-refractivity contribution in [3.05, 3.63) is 57.8 Å². The molecule has 1 aliphatic rings. The van der Waals surface area contributed by atoms with Crippen LogP contribution in [-0.4, -0.2) is 26.5 Å². The number of hydrogen-bond donors (Lipinski definition) is 1. The summed E-state index contributed by atoms with van der Waals surface area (Å²) in [4.78, 5) is 4.61. The molecule has 4 rings (SSSR count). The lowest BCUT2D eigenvalue weighted by Gasteiger charge is -2.19. The second-order valence-corrected chi connectivity index (χ2v) is 7.44. The first-order chi connectivity index (χ1) is 12.5. The number of nitrogens with zero attached hydrogens (tertiary/aromatic N) is 4. The third kappa shape index (κ3) is 3.30. The van der Waals surface area contributed by atoms with Crippen LogP contribution in [0, 0.1) is 12.7 Å². The van der Waals surface area contributed by atoms with E-state index in [1.807, 2.05) is 31.2 Å². The Labute approximate surface area is 163 Å². The Kier molecular flexibility index (Phi) is 4.60. The van der Waals surface area contributed by atoms with Crippen LogP contribution in [0.15, 0.2) is 46.5 Å². The molecule has 132 valence electrons. The van der Waals surface area contributed by atoms with Gasteiger partial charge in [-0.2, -0.15) is 0 Å². The van der Waals surface area contributed by atoms with Crippen molar-refractivity contribution in [1.29, 1.82) is 0 Å². The Morgan fingerprint density at radius 1 is 1.15 bits per heavy atom. The molecule has 2 aromatic carbocycles. The zero-order valence-corrected chi connectivity index (χ0v) is 15.8. The van der Waals surface area contributed by atoms with E-state index in [0.29, 0.717) is 27.3 Å². The zero-order chi connectivity index (χ0) is 18.3. The molecule has 2 heterocycles. The van der Waals surface area contributed by atoms with Crippen molar-refractivity contribution in [3.8, 4) is 11.4 Å². The van der Waals surface area contributed by atoms with Crippen LogP contribution in [0.25, 0.3) is 11.4 Å². The van der Waals surface area contributed by atoms with Crippen molar-refractivity contribution in [2.24, 2.45) is 4.99 Å². The normalized spacial score (nSPS) is 15.0. The predicted molar refractivity (Wildman–Crippen MR) is 104 cm³/mol. The molecule has 0 atom stereocenters. The zero-order valence-electron chi connectivity index (χ0n) is 13.5. The van der Waals surface area contributed by atoms with Gasteiger partial charge in [0, 0.05) is 5.56 Å². The van der Waals surface area contributed by atoms with E-state index < -0.39 is 5.82 Å². The SMILES string of the molecule is Cc1ccc(N=C2CSc3nnc(-c4cc(F)c(Cl)cc4Cl)n3N2)cc1. The maximum absolute atomic E-state index is 13.9. The fourth-order valence-electron chi connectivity index (χ4n) is 2.46. The lowest BCUT2D eigenvalue weighted by atomic mass is 10.2. The Hall–Kier alpha value is -2.09. The van der Waals surface area contributed by atoms with E-state index in [1.165, 1.54) is 29.5 Å². The van der Waals surface area contributed by atoms with Gasteiger partial charge in [0.25, 0.3) is 0 Å². The number of halogens is 3. The van der Waals surface area contributed by atoms with Gasteiger partial charge in [0.15, 0.2) is 5.82 Å². The van der Waals surface area contributed by atoms with Gasteiger partial charge in [0.05, 0.1) is 21.5 Å². The summed E-state index contributed by atoms with van der Waals surface area (Å²) < 4.78 is 15.5. The van der Waals surface area contributed by atoms with Gasteiger partial charge in [-0.05, 0) is 31.2 Å². The second-order valence-electron chi connectivity index (χ2n) is 5.68. The van der Waals surface area contributed by atoms with Gasteiger partial charge in [0.1, 0.15) is 11.7 Å². The monoisotopic (exact) mass is 407 g/mol. The topological polar surface area (TPSA) is 55.1 Å². The molecule has 26 heavy (non-hydrogen) atoms. The molecule has 1 N–H and O–H groups in total. The molecule has 1 aliphatic heterocycles. The first-order valence-corrected chi connectivity index (χ1v) is 9.40. The quantitative estimate of drug-likeness (QED) is 0.601. The largest absolute Gasteiger partial charge is 0.276 e. The van der Waals surface area contributed by atoms with E-state index in [1.54, 1.807) is 4.68 Å². The summed E-state index contributed by atoms with van der Waals surface area (Å²) in [6, 6.07) is 10.5. The van der Waals surface area contributed by atoms with Crippen LogP contribution in [-0.2, 0) is 0 Å². The number of aliphatic imine (C=N–C) groups is 1. The van der Waals surface area contributed by atoms with Gasteiger partial charge in [-0.3, -0.25) is 5.43 Å².